The van der Waals surface area contributed by atoms with Crippen LogP contribution in [0.25, 0.3) is 0 Å². The lowest BCUT2D eigenvalue weighted by Crippen LogP contribution is -2.30. The third-order valence-corrected chi connectivity index (χ3v) is 4.27. The summed E-state index contributed by atoms with van der Waals surface area (Å²) in [5.74, 6) is 1.62. The zero-order chi connectivity index (χ0) is 13.7. The van der Waals surface area contributed by atoms with Crippen molar-refractivity contribution in [2.24, 2.45) is 11.8 Å². The van der Waals surface area contributed by atoms with Gasteiger partial charge in [-0.1, -0.05) is 19.9 Å². The zero-order valence-corrected chi connectivity index (χ0v) is 12.1. The summed E-state index contributed by atoms with van der Waals surface area (Å²) in [5, 5.41) is 10.2. The first kappa shape index (κ1) is 14.5. The third kappa shape index (κ3) is 4.29. The predicted octanol–water partition coefficient (Wildman–Crippen LogP) is 2.87. The van der Waals surface area contributed by atoms with Crippen LogP contribution in [0.5, 0.6) is 0 Å². The van der Waals surface area contributed by atoms with Crippen LogP contribution in [-0.4, -0.2) is 34.6 Å². The molecule has 1 N–H and O–H groups in total. The lowest BCUT2D eigenvalue weighted by atomic mass is 9.89. The Balaban J connectivity index is 1.86. The summed E-state index contributed by atoms with van der Waals surface area (Å²) in [6.45, 7) is 7.56. The highest BCUT2D eigenvalue weighted by Gasteiger charge is 2.21. The summed E-state index contributed by atoms with van der Waals surface area (Å²) in [7, 11) is 0. The molecule has 0 radical (unpaired) electrons. The molecule has 2 rings (SSSR count). The molecule has 0 saturated carbocycles. The van der Waals surface area contributed by atoms with Crippen LogP contribution in [0.3, 0.4) is 0 Å². The lowest BCUT2D eigenvalue weighted by molar-refractivity contribution is 0.110. The molecule has 0 aromatic carbocycles. The summed E-state index contributed by atoms with van der Waals surface area (Å²) in [6.07, 6.45) is 5.12. The second-order valence-electron chi connectivity index (χ2n) is 6.01. The normalized spacial score (nSPS) is 23.3. The van der Waals surface area contributed by atoms with Crippen molar-refractivity contribution in [3.63, 3.8) is 0 Å². The molecule has 0 spiro atoms. The third-order valence-electron chi connectivity index (χ3n) is 4.27. The second kappa shape index (κ2) is 7.01. The minimum Gasteiger partial charge on any atom is -0.385 e. The summed E-state index contributed by atoms with van der Waals surface area (Å²) in [4.78, 5) is 6.62. The van der Waals surface area contributed by atoms with E-state index in [4.69, 9.17) is 0 Å². The number of likely N-dealkylation sites (tertiary alicyclic amines) is 1. The summed E-state index contributed by atoms with van der Waals surface area (Å²) in [6, 6.07) is 5.72. The Hall–Kier alpha value is -0.930. The molecule has 1 aromatic rings. The highest BCUT2D eigenvalue weighted by Crippen LogP contribution is 2.25. The molecule has 2 heterocycles. The van der Waals surface area contributed by atoms with E-state index in [0.717, 1.165) is 30.6 Å². The zero-order valence-electron chi connectivity index (χ0n) is 12.1. The number of rotatable bonds is 4. The van der Waals surface area contributed by atoms with Gasteiger partial charge in [-0.05, 0) is 56.3 Å². The number of nitrogens with zero attached hydrogens (tertiary/aromatic N) is 2. The smallest absolute Gasteiger partial charge is 0.109 e. The van der Waals surface area contributed by atoms with Gasteiger partial charge in [0.1, 0.15) is 6.10 Å². The van der Waals surface area contributed by atoms with Crippen molar-refractivity contribution in [3.8, 4) is 0 Å². The van der Waals surface area contributed by atoms with Gasteiger partial charge in [0.05, 0.1) is 5.69 Å². The van der Waals surface area contributed by atoms with Gasteiger partial charge in [0.25, 0.3) is 0 Å². The quantitative estimate of drug-likeness (QED) is 0.906. The van der Waals surface area contributed by atoms with Crippen molar-refractivity contribution in [2.45, 2.75) is 39.2 Å². The Bertz CT molecular complexity index is 366. The van der Waals surface area contributed by atoms with E-state index >= 15 is 0 Å². The number of aliphatic hydroxyl groups excluding tert-OH is 1. The Morgan fingerprint density at radius 1 is 1.32 bits per heavy atom. The van der Waals surface area contributed by atoms with Crippen LogP contribution < -0.4 is 0 Å². The van der Waals surface area contributed by atoms with Gasteiger partial charge < -0.3 is 10.0 Å². The van der Waals surface area contributed by atoms with Gasteiger partial charge >= 0.3 is 0 Å². The van der Waals surface area contributed by atoms with Crippen molar-refractivity contribution >= 4 is 0 Å². The maximum absolute atomic E-state index is 10.2. The predicted molar refractivity (Wildman–Crippen MR) is 77.8 cm³/mol. The van der Waals surface area contributed by atoms with E-state index < -0.39 is 6.10 Å². The van der Waals surface area contributed by atoms with Gasteiger partial charge in [0.2, 0.25) is 0 Å². The Labute approximate surface area is 116 Å². The molecular formula is C16H26N2O. The molecular weight excluding hydrogens is 236 g/mol. The Morgan fingerprint density at radius 3 is 2.84 bits per heavy atom. The highest BCUT2D eigenvalue weighted by molar-refractivity contribution is 5.06. The molecule has 19 heavy (non-hydrogen) atoms. The topological polar surface area (TPSA) is 36.4 Å². The molecule has 2 unspecified atom stereocenters. The van der Waals surface area contributed by atoms with E-state index in [2.05, 4.69) is 23.7 Å². The van der Waals surface area contributed by atoms with Gasteiger partial charge in [-0.3, -0.25) is 4.98 Å². The fourth-order valence-electron chi connectivity index (χ4n) is 2.94. The van der Waals surface area contributed by atoms with Crippen LogP contribution in [-0.2, 0) is 0 Å². The fourth-order valence-corrected chi connectivity index (χ4v) is 2.94. The number of hydrogen-bond acceptors (Lipinski definition) is 3. The number of hydrogen-bond donors (Lipinski definition) is 1. The van der Waals surface area contributed by atoms with Crippen molar-refractivity contribution < 1.29 is 5.11 Å². The molecule has 2 atom stereocenters. The molecule has 0 bridgehead atoms. The van der Waals surface area contributed by atoms with Gasteiger partial charge in [0, 0.05) is 12.7 Å². The number of pyridine rings is 1. The van der Waals surface area contributed by atoms with Gasteiger partial charge in [0.15, 0.2) is 0 Å². The van der Waals surface area contributed by atoms with Crippen LogP contribution in [0.1, 0.15) is 44.9 Å². The summed E-state index contributed by atoms with van der Waals surface area (Å²) in [5.41, 5.74) is 0.784. The molecule has 1 aliphatic rings. The van der Waals surface area contributed by atoms with Gasteiger partial charge in [-0.15, -0.1) is 0 Å². The number of aliphatic hydroxyl groups is 1. The van der Waals surface area contributed by atoms with E-state index in [9.17, 15) is 5.11 Å². The molecule has 106 valence electrons. The molecule has 1 saturated heterocycles. The molecule has 0 aliphatic carbocycles. The maximum Gasteiger partial charge on any atom is 0.109 e. The van der Waals surface area contributed by atoms with Crippen molar-refractivity contribution in [3.05, 3.63) is 30.1 Å². The molecule has 1 aromatic heterocycles. The second-order valence-corrected chi connectivity index (χ2v) is 6.01. The van der Waals surface area contributed by atoms with E-state index in [1.165, 1.54) is 19.3 Å². The van der Waals surface area contributed by atoms with E-state index in [-0.39, 0.29) is 0 Å². The number of aromatic nitrogens is 1. The minimum atomic E-state index is -0.461. The van der Waals surface area contributed by atoms with Crippen molar-refractivity contribution in [1.82, 2.24) is 9.88 Å². The molecule has 1 aliphatic heterocycles. The van der Waals surface area contributed by atoms with Gasteiger partial charge in [-0.25, -0.2) is 0 Å². The first-order valence-corrected chi connectivity index (χ1v) is 7.48. The Kier molecular flexibility index (Phi) is 5.34. The first-order valence-electron chi connectivity index (χ1n) is 7.48. The van der Waals surface area contributed by atoms with Crippen LogP contribution in [0.4, 0.5) is 0 Å². The van der Waals surface area contributed by atoms with E-state index in [1.54, 1.807) is 6.20 Å². The lowest BCUT2D eigenvalue weighted by Gasteiger charge is -2.23. The summed E-state index contributed by atoms with van der Waals surface area (Å²) >= 11 is 0. The van der Waals surface area contributed by atoms with Gasteiger partial charge in [-0.2, -0.15) is 0 Å². The molecule has 3 heteroatoms. The van der Waals surface area contributed by atoms with Crippen LogP contribution in [0, 0.1) is 11.8 Å². The highest BCUT2D eigenvalue weighted by atomic mass is 16.3. The maximum atomic E-state index is 10.2. The largest absolute Gasteiger partial charge is 0.385 e. The van der Waals surface area contributed by atoms with Crippen LogP contribution in [0.15, 0.2) is 24.4 Å². The number of β-amino-alcohol motifs (C(OH)–C–C–N with tert-alkyl or cyclic N) is 1. The first-order chi connectivity index (χ1) is 9.16. The van der Waals surface area contributed by atoms with Crippen molar-refractivity contribution in [2.75, 3.05) is 19.6 Å². The SMILES string of the molecule is CC(C)C1CCCN(CC(O)c2ccccn2)CC1. The van der Waals surface area contributed by atoms with Crippen LogP contribution in [0.2, 0.25) is 0 Å². The molecule has 1 fully saturated rings. The van der Waals surface area contributed by atoms with E-state index in [0.29, 0.717) is 6.54 Å². The monoisotopic (exact) mass is 262 g/mol. The van der Waals surface area contributed by atoms with E-state index in [1.807, 2.05) is 18.2 Å². The fraction of sp³-hybridized carbons (Fsp3) is 0.688. The summed E-state index contributed by atoms with van der Waals surface area (Å²) < 4.78 is 0. The standard InChI is InChI=1S/C16H26N2O/c1-13(2)14-6-5-10-18(11-8-14)12-16(19)15-7-3-4-9-17-15/h3-4,7,9,13-14,16,19H,5-6,8,10-12H2,1-2H3. The van der Waals surface area contributed by atoms with Crippen LogP contribution >= 0.6 is 0 Å². The average Bonchev–Trinajstić information content (AvgIpc) is 2.65. The Morgan fingerprint density at radius 2 is 2.16 bits per heavy atom. The average molecular weight is 262 g/mol. The molecule has 0 amide bonds. The minimum absolute atomic E-state index is 0.461. The van der Waals surface area contributed by atoms with Crippen molar-refractivity contribution in [1.29, 1.82) is 0 Å². The molecule has 3 nitrogen and oxygen atoms in total.